The Kier molecular flexibility index (Phi) is 5.57. The van der Waals surface area contributed by atoms with Gasteiger partial charge >= 0.3 is 0 Å². The molecule has 1 N–H and O–H groups in total. The second-order valence-electron chi connectivity index (χ2n) is 6.99. The van der Waals surface area contributed by atoms with Crippen LogP contribution < -0.4 is 5.32 Å². The molecule has 0 spiro atoms. The summed E-state index contributed by atoms with van der Waals surface area (Å²) in [5, 5.41) is 4.26. The van der Waals surface area contributed by atoms with Crippen LogP contribution in [0.3, 0.4) is 0 Å². The van der Waals surface area contributed by atoms with Gasteiger partial charge in [-0.25, -0.2) is 4.98 Å². The van der Waals surface area contributed by atoms with Crippen molar-refractivity contribution in [2.75, 3.05) is 13.1 Å². The van der Waals surface area contributed by atoms with Crippen molar-refractivity contribution in [1.29, 1.82) is 0 Å². The lowest BCUT2D eigenvalue weighted by molar-refractivity contribution is -0.123. The highest BCUT2D eigenvalue weighted by Gasteiger charge is 2.30. The topological polar surface area (TPSA) is 45.2 Å². The molecule has 0 aliphatic carbocycles. The van der Waals surface area contributed by atoms with E-state index in [4.69, 9.17) is 4.98 Å². The highest BCUT2D eigenvalue weighted by molar-refractivity contribution is 9.10. The van der Waals surface area contributed by atoms with Gasteiger partial charge in [0.15, 0.2) is 0 Å². The van der Waals surface area contributed by atoms with E-state index in [2.05, 4.69) is 38.3 Å². The van der Waals surface area contributed by atoms with Crippen molar-refractivity contribution >= 4 is 43.4 Å². The van der Waals surface area contributed by atoms with Gasteiger partial charge in [-0.15, -0.1) is 11.3 Å². The highest BCUT2D eigenvalue weighted by atomic mass is 79.9. The van der Waals surface area contributed by atoms with Crippen LogP contribution in [0.5, 0.6) is 0 Å². The monoisotopic (exact) mass is 443 g/mol. The molecule has 1 aromatic heterocycles. The van der Waals surface area contributed by atoms with Crippen LogP contribution in [0, 0.1) is 0 Å². The van der Waals surface area contributed by atoms with Gasteiger partial charge in [-0.05, 0) is 56.1 Å². The normalized spacial score (nSPS) is 18.7. The lowest BCUT2D eigenvalue weighted by Crippen LogP contribution is -2.38. The largest absolute Gasteiger partial charge is 0.348 e. The van der Waals surface area contributed by atoms with Crippen LogP contribution in [0.15, 0.2) is 53.0 Å². The van der Waals surface area contributed by atoms with Gasteiger partial charge < -0.3 is 5.32 Å². The fourth-order valence-electron chi connectivity index (χ4n) is 3.63. The molecule has 1 amide bonds. The maximum absolute atomic E-state index is 12.6. The molecule has 1 aliphatic heterocycles. The number of carbonyl (C=O) groups is 1. The van der Waals surface area contributed by atoms with Crippen LogP contribution in [-0.4, -0.2) is 28.9 Å². The molecule has 2 unspecified atom stereocenters. The van der Waals surface area contributed by atoms with Crippen LogP contribution in [-0.2, 0) is 4.79 Å². The standard InChI is InChI=1S/C21H22BrN3OS/c1-14(15-8-10-16(22)11-9-15)23-20(26)13-25-12-4-6-18(25)21-24-17-5-2-3-7-19(17)27-21/h2-3,5,7-11,14,18H,4,6,12-13H2,1H3,(H,23,26). The Hall–Kier alpha value is -1.76. The second kappa shape index (κ2) is 8.09. The number of hydrogen-bond acceptors (Lipinski definition) is 4. The van der Waals surface area contributed by atoms with Crippen molar-refractivity contribution < 1.29 is 4.79 Å². The molecule has 2 aromatic carbocycles. The minimum absolute atomic E-state index is 0.00546. The Labute approximate surface area is 171 Å². The van der Waals surface area contributed by atoms with Gasteiger partial charge in [-0.1, -0.05) is 40.2 Å². The SMILES string of the molecule is CC(NC(=O)CN1CCCC1c1nc2ccccc2s1)c1ccc(Br)cc1. The number of halogens is 1. The van der Waals surface area contributed by atoms with Crippen molar-refractivity contribution in [1.82, 2.24) is 15.2 Å². The van der Waals surface area contributed by atoms with Crippen LogP contribution in [0.2, 0.25) is 0 Å². The molecule has 0 bridgehead atoms. The summed E-state index contributed by atoms with van der Waals surface area (Å²) in [7, 11) is 0. The maximum atomic E-state index is 12.6. The third-order valence-electron chi connectivity index (χ3n) is 5.05. The van der Waals surface area contributed by atoms with E-state index < -0.39 is 0 Å². The molecule has 4 nitrogen and oxygen atoms in total. The number of benzene rings is 2. The Morgan fingerprint density at radius 1 is 1.30 bits per heavy atom. The van der Waals surface area contributed by atoms with E-state index in [0.29, 0.717) is 6.54 Å². The Morgan fingerprint density at radius 3 is 2.85 bits per heavy atom. The molecule has 1 aliphatic rings. The van der Waals surface area contributed by atoms with Gasteiger partial charge in [-0.3, -0.25) is 9.69 Å². The fourth-order valence-corrected chi connectivity index (χ4v) is 5.04. The second-order valence-corrected chi connectivity index (χ2v) is 8.97. The predicted octanol–water partition coefficient (Wildman–Crippen LogP) is 5.07. The molecule has 0 radical (unpaired) electrons. The number of aromatic nitrogens is 1. The predicted molar refractivity (Wildman–Crippen MR) is 114 cm³/mol. The van der Waals surface area contributed by atoms with Crippen molar-refractivity contribution in [3.63, 3.8) is 0 Å². The van der Waals surface area contributed by atoms with Gasteiger partial charge in [0.25, 0.3) is 0 Å². The van der Waals surface area contributed by atoms with Crippen molar-refractivity contribution in [3.8, 4) is 0 Å². The molecule has 3 aromatic rings. The summed E-state index contributed by atoms with van der Waals surface area (Å²) in [6.07, 6.45) is 2.17. The van der Waals surface area contributed by atoms with E-state index in [0.717, 1.165) is 39.9 Å². The first-order chi connectivity index (χ1) is 13.1. The first-order valence-corrected chi connectivity index (χ1v) is 10.9. The number of rotatable bonds is 5. The van der Waals surface area contributed by atoms with Crippen molar-refractivity contribution in [2.45, 2.75) is 31.8 Å². The summed E-state index contributed by atoms with van der Waals surface area (Å²) in [6, 6.07) is 16.6. The first kappa shape index (κ1) is 18.6. The number of fused-ring (bicyclic) bond motifs is 1. The number of nitrogens with zero attached hydrogens (tertiary/aromatic N) is 2. The molecule has 4 rings (SSSR count). The Balaban J connectivity index is 1.41. The van der Waals surface area contributed by atoms with E-state index in [9.17, 15) is 4.79 Å². The quantitative estimate of drug-likeness (QED) is 0.598. The number of amides is 1. The molecule has 140 valence electrons. The van der Waals surface area contributed by atoms with Crippen molar-refractivity contribution in [3.05, 3.63) is 63.6 Å². The average molecular weight is 444 g/mol. The first-order valence-electron chi connectivity index (χ1n) is 9.24. The van der Waals surface area contributed by atoms with Crippen molar-refractivity contribution in [2.24, 2.45) is 0 Å². The Bertz CT molecular complexity index is 907. The molecule has 2 atom stereocenters. The molecule has 2 heterocycles. The zero-order chi connectivity index (χ0) is 18.8. The Morgan fingerprint density at radius 2 is 2.07 bits per heavy atom. The lowest BCUT2D eigenvalue weighted by Gasteiger charge is -2.23. The fraction of sp³-hybridized carbons (Fsp3) is 0.333. The average Bonchev–Trinajstić information content (AvgIpc) is 3.28. The van der Waals surface area contributed by atoms with E-state index in [1.165, 1.54) is 4.70 Å². The smallest absolute Gasteiger partial charge is 0.234 e. The van der Waals surface area contributed by atoms with E-state index in [-0.39, 0.29) is 18.0 Å². The van der Waals surface area contributed by atoms with Crippen LogP contribution in [0.1, 0.15) is 42.4 Å². The van der Waals surface area contributed by atoms with Crippen LogP contribution in [0.25, 0.3) is 10.2 Å². The summed E-state index contributed by atoms with van der Waals surface area (Å²) in [5.41, 5.74) is 2.16. The van der Waals surface area contributed by atoms with E-state index in [1.54, 1.807) is 11.3 Å². The number of thiazole rings is 1. The van der Waals surface area contributed by atoms with Gasteiger partial charge in [0, 0.05) is 4.47 Å². The third-order valence-corrected chi connectivity index (χ3v) is 6.72. The molecule has 27 heavy (non-hydrogen) atoms. The van der Waals surface area contributed by atoms with Gasteiger partial charge in [0.1, 0.15) is 5.01 Å². The zero-order valence-corrected chi connectivity index (χ0v) is 17.6. The number of hydrogen-bond donors (Lipinski definition) is 1. The number of para-hydroxylation sites is 1. The van der Waals surface area contributed by atoms with Gasteiger partial charge in [0.05, 0.1) is 28.8 Å². The van der Waals surface area contributed by atoms with E-state index in [1.807, 2.05) is 43.3 Å². The highest BCUT2D eigenvalue weighted by Crippen LogP contribution is 2.36. The maximum Gasteiger partial charge on any atom is 0.234 e. The van der Waals surface area contributed by atoms with Gasteiger partial charge in [-0.2, -0.15) is 0 Å². The van der Waals surface area contributed by atoms with E-state index >= 15 is 0 Å². The minimum Gasteiger partial charge on any atom is -0.348 e. The summed E-state index contributed by atoms with van der Waals surface area (Å²) < 4.78 is 2.26. The molecular formula is C21H22BrN3OS. The summed E-state index contributed by atoms with van der Waals surface area (Å²) in [4.78, 5) is 19.7. The summed E-state index contributed by atoms with van der Waals surface area (Å²) >= 11 is 5.19. The molecule has 0 saturated carbocycles. The number of nitrogens with one attached hydrogen (secondary N) is 1. The summed E-state index contributed by atoms with van der Waals surface area (Å²) in [5.74, 6) is 0.0680. The van der Waals surface area contributed by atoms with Gasteiger partial charge in [0.2, 0.25) is 5.91 Å². The van der Waals surface area contributed by atoms with Crippen LogP contribution >= 0.6 is 27.3 Å². The molecule has 1 saturated heterocycles. The van der Waals surface area contributed by atoms with Crippen LogP contribution in [0.4, 0.5) is 0 Å². The molecular weight excluding hydrogens is 422 g/mol. The minimum atomic E-state index is -0.00546. The zero-order valence-electron chi connectivity index (χ0n) is 15.2. The molecule has 1 fully saturated rings. The number of carbonyl (C=O) groups excluding carboxylic acids is 1. The molecule has 6 heteroatoms. The lowest BCUT2D eigenvalue weighted by atomic mass is 10.1. The summed E-state index contributed by atoms with van der Waals surface area (Å²) in [6.45, 7) is 3.39. The number of likely N-dealkylation sites (tertiary alicyclic amines) is 1. The third kappa shape index (κ3) is 4.23.